The van der Waals surface area contributed by atoms with Crippen LogP contribution in [0.15, 0.2) is 46.1 Å². The van der Waals surface area contributed by atoms with Gasteiger partial charge in [0, 0.05) is 32.2 Å². The summed E-state index contributed by atoms with van der Waals surface area (Å²) in [5.41, 5.74) is 2.25. The van der Waals surface area contributed by atoms with Crippen LogP contribution in [0.2, 0.25) is 0 Å². The third-order valence-electron chi connectivity index (χ3n) is 5.18. The van der Waals surface area contributed by atoms with E-state index in [2.05, 4.69) is 44.3 Å². The lowest BCUT2D eigenvalue weighted by Gasteiger charge is -2.33. The van der Waals surface area contributed by atoms with Gasteiger partial charge in [0.25, 0.3) is 0 Å². The third-order valence-corrected chi connectivity index (χ3v) is 5.91. The van der Waals surface area contributed by atoms with E-state index in [4.69, 9.17) is 4.74 Å². The summed E-state index contributed by atoms with van der Waals surface area (Å²) in [6.07, 6.45) is 1.55. The number of guanidine groups is 1. The van der Waals surface area contributed by atoms with Crippen molar-refractivity contribution in [3.8, 4) is 5.75 Å². The van der Waals surface area contributed by atoms with Crippen molar-refractivity contribution < 1.29 is 9.84 Å². The number of methoxy groups -OCH3 is 1. The highest BCUT2D eigenvalue weighted by atomic mass is 127. The standard InChI is InChI=1S/C22H32N4O2S.HI/c1-3-23-22(24-14-21(27)18-4-6-20(28-2)7-5-18)25-19-8-11-26(12-9-19)15-17-10-13-29-16-17;/h4-7,10,13,16,19,21,27H,3,8-9,11-12,14-15H2,1-2H3,(H2,23,24,25);1H. The topological polar surface area (TPSA) is 69.1 Å². The van der Waals surface area contributed by atoms with Crippen molar-refractivity contribution in [1.82, 2.24) is 15.5 Å². The van der Waals surface area contributed by atoms with E-state index >= 15 is 0 Å². The van der Waals surface area contributed by atoms with Crippen molar-refractivity contribution in [3.63, 3.8) is 0 Å². The quantitative estimate of drug-likeness (QED) is 0.269. The zero-order chi connectivity index (χ0) is 20.5. The molecule has 0 spiro atoms. The maximum Gasteiger partial charge on any atom is 0.191 e. The largest absolute Gasteiger partial charge is 0.497 e. The van der Waals surface area contributed by atoms with Crippen molar-refractivity contribution in [2.75, 3.05) is 33.3 Å². The molecule has 1 fully saturated rings. The maximum absolute atomic E-state index is 10.5. The van der Waals surface area contributed by atoms with Crippen molar-refractivity contribution in [3.05, 3.63) is 52.2 Å². The molecule has 2 heterocycles. The molecule has 1 unspecified atom stereocenters. The van der Waals surface area contributed by atoms with Crippen LogP contribution in [0.1, 0.15) is 37.0 Å². The van der Waals surface area contributed by atoms with E-state index in [1.807, 2.05) is 24.3 Å². The molecule has 1 saturated heterocycles. The van der Waals surface area contributed by atoms with Crippen LogP contribution >= 0.6 is 35.3 Å². The normalized spacial score (nSPS) is 16.6. The number of aliphatic hydroxyl groups is 1. The first-order valence-electron chi connectivity index (χ1n) is 10.3. The van der Waals surface area contributed by atoms with Crippen molar-refractivity contribution in [1.29, 1.82) is 0 Å². The molecular weight excluding hydrogens is 511 g/mol. The Balaban J connectivity index is 0.00000320. The Kier molecular flexibility index (Phi) is 10.9. The number of rotatable bonds is 8. The molecule has 1 aliphatic heterocycles. The van der Waals surface area contributed by atoms with E-state index in [1.54, 1.807) is 18.4 Å². The molecule has 1 aliphatic rings. The van der Waals surface area contributed by atoms with Gasteiger partial charge in [0.1, 0.15) is 5.75 Å². The second-order valence-electron chi connectivity index (χ2n) is 7.33. The number of hydrogen-bond donors (Lipinski definition) is 3. The number of halogens is 1. The fourth-order valence-electron chi connectivity index (χ4n) is 3.50. The van der Waals surface area contributed by atoms with Crippen LogP contribution in [-0.2, 0) is 6.54 Å². The van der Waals surface area contributed by atoms with Gasteiger partial charge in [0.05, 0.1) is 19.8 Å². The number of nitrogens with zero attached hydrogens (tertiary/aromatic N) is 2. The van der Waals surface area contributed by atoms with E-state index in [0.29, 0.717) is 12.6 Å². The Bertz CT molecular complexity index is 747. The lowest BCUT2D eigenvalue weighted by atomic mass is 10.0. The van der Waals surface area contributed by atoms with Gasteiger partial charge in [0.2, 0.25) is 0 Å². The Labute approximate surface area is 200 Å². The van der Waals surface area contributed by atoms with Crippen LogP contribution in [0.5, 0.6) is 5.75 Å². The van der Waals surface area contributed by atoms with E-state index in [0.717, 1.165) is 56.3 Å². The molecule has 166 valence electrons. The van der Waals surface area contributed by atoms with Crippen LogP contribution in [0.3, 0.4) is 0 Å². The molecule has 2 aromatic rings. The first kappa shape index (κ1) is 24.9. The van der Waals surface area contributed by atoms with Gasteiger partial charge in [-0.25, -0.2) is 0 Å². The summed E-state index contributed by atoms with van der Waals surface area (Å²) in [5.74, 6) is 1.56. The molecule has 1 atom stereocenters. The fraction of sp³-hybridized carbons (Fsp3) is 0.500. The number of aliphatic hydroxyl groups excluding tert-OH is 1. The molecule has 1 aromatic carbocycles. The summed E-state index contributed by atoms with van der Waals surface area (Å²) in [6.45, 7) is 6.38. The van der Waals surface area contributed by atoms with Gasteiger partial charge in [-0.15, -0.1) is 24.0 Å². The lowest BCUT2D eigenvalue weighted by molar-refractivity contribution is 0.186. The van der Waals surface area contributed by atoms with Crippen molar-refractivity contribution >= 4 is 41.3 Å². The van der Waals surface area contributed by atoms with E-state index in [-0.39, 0.29) is 24.0 Å². The van der Waals surface area contributed by atoms with Gasteiger partial charge in [0.15, 0.2) is 5.96 Å². The highest BCUT2D eigenvalue weighted by Gasteiger charge is 2.20. The Hall–Kier alpha value is -1.36. The Morgan fingerprint density at radius 2 is 2.00 bits per heavy atom. The molecule has 0 radical (unpaired) electrons. The van der Waals surface area contributed by atoms with Gasteiger partial charge in [-0.1, -0.05) is 12.1 Å². The number of ether oxygens (including phenoxy) is 1. The predicted molar refractivity (Wildman–Crippen MR) is 135 cm³/mol. The zero-order valence-corrected chi connectivity index (χ0v) is 20.9. The molecule has 0 saturated carbocycles. The van der Waals surface area contributed by atoms with Gasteiger partial charge >= 0.3 is 0 Å². The number of aliphatic imine (C=N–C) groups is 1. The minimum absolute atomic E-state index is 0. The van der Waals surface area contributed by atoms with Crippen LogP contribution in [0.4, 0.5) is 0 Å². The minimum atomic E-state index is -0.635. The average molecular weight is 545 g/mol. The number of hydrogen-bond acceptors (Lipinski definition) is 5. The van der Waals surface area contributed by atoms with Gasteiger partial charge in [-0.2, -0.15) is 11.3 Å². The van der Waals surface area contributed by atoms with E-state index in [9.17, 15) is 5.11 Å². The molecule has 1 aromatic heterocycles. The molecule has 30 heavy (non-hydrogen) atoms. The molecule has 3 N–H and O–H groups in total. The van der Waals surface area contributed by atoms with Crippen LogP contribution in [0, 0.1) is 0 Å². The lowest BCUT2D eigenvalue weighted by Crippen LogP contribution is -2.48. The Morgan fingerprint density at radius 3 is 2.60 bits per heavy atom. The molecular formula is C22H33IN4O2S. The number of likely N-dealkylation sites (tertiary alicyclic amines) is 1. The highest BCUT2D eigenvalue weighted by Crippen LogP contribution is 2.18. The summed E-state index contributed by atoms with van der Waals surface area (Å²) in [4.78, 5) is 7.12. The molecule has 0 bridgehead atoms. The highest BCUT2D eigenvalue weighted by molar-refractivity contribution is 14.0. The number of nitrogens with one attached hydrogen (secondary N) is 2. The van der Waals surface area contributed by atoms with Gasteiger partial charge < -0.3 is 20.5 Å². The summed E-state index contributed by atoms with van der Waals surface area (Å²) in [7, 11) is 1.64. The van der Waals surface area contributed by atoms with E-state index in [1.165, 1.54) is 5.56 Å². The molecule has 8 heteroatoms. The van der Waals surface area contributed by atoms with Gasteiger partial charge in [-0.3, -0.25) is 9.89 Å². The summed E-state index contributed by atoms with van der Waals surface area (Å²) in [5, 5.41) is 21.7. The Morgan fingerprint density at radius 1 is 1.27 bits per heavy atom. The number of thiophene rings is 1. The second kappa shape index (κ2) is 13.1. The summed E-state index contributed by atoms with van der Waals surface area (Å²) < 4.78 is 5.17. The minimum Gasteiger partial charge on any atom is -0.497 e. The smallest absolute Gasteiger partial charge is 0.191 e. The van der Waals surface area contributed by atoms with E-state index < -0.39 is 6.10 Å². The van der Waals surface area contributed by atoms with Crippen LogP contribution in [-0.4, -0.2) is 55.3 Å². The van der Waals surface area contributed by atoms with Crippen LogP contribution in [0.25, 0.3) is 0 Å². The average Bonchev–Trinajstić information content (AvgIpc) is 3.26. The second-order valence-corrected chi connectivity index (χ2v) is 8.11. The number of piperidine rings is 1. The van der Waals surface area contributed by atoms with Crippen molar-refractivity contribution in [2.45, 2.75) is 38.5 Å². The predicted octanol–water partition coefficient (Wildman–Crippen LogP) is 3.63. The molecule has 0 amide bonds. The molecule has 3 rings (SSSR count). The molecule has 6 nitrogen and oxygen atoms in total. The van der Waals surface area contributed by atoms with Crippen LogP contribution < -0.4 is 15.4 Å². The monoisotopic (exact) mass is 544 g/mol. The van der Waals surface area contributed by atoms with Crippen molar-refractivity contribution in [2.24, 2.45) is 4.99 Å². The first-order chi connectivity index (χ1) is 14.2. The summed E-state index contributed by atoms with van der Waals surface area (Å²) in [6, 6.07) is 10.1. The summed E-state index contributed by atoms with van der Waals surface area (Å²) >= 11 is 1.76. The SMILES string of the molecule is CCNC(=NCC(O)c1ccc(OC)cc1)NC1CCN(Cc2ccsc2)CC1.I. The number of benzene rings is 1. The zero-order valence-electron chi connectivity index (χ0n) is 17.7. The first-order valence-corrected chi connectivity index (χ1v) is 11.2. The third kappa shape index (κ3) is 7.72. The van der Waals surface area contributed by atoms with Gasteiger partial charge in [-0.05, 0) is 59.9 Å². The maximum atomic E-state index is 10.5. The molecule has 0 aliphatic carbocycles. The fourth-order valence-corrected chi connectivity index (χ4v) is 4.16.